The molecule has 0 saturated carbocycles. The summed E-state index contributed by atoms with van der Waals surface area (Å²) in [6.07, 6.45) is 0. The number of hydrogen-bond acceptors (Lipinski definition) is 2. The van der Waals surface area contributed by atoms with Gasteiger partial charge in [0.1, 0.15) is 22.3 Å². The normalized spacial score (nSPS) is 13.5. The molecule has 0 fully saturated rings. The van der Waals surface area contributed by atoms with Gasteiger partial charge in [0.15, 0.2) is 0 Å². The lowest BCUT2D eigenvalue weighted by Crippen LogP contribution is -2.59. The Hall–Kier alpha value is -6.72. The largest absolute Gasteiger partial charge is 0.456 e. The van der Waals surface area contributed by atoms with E-state index in [1.54, 1.807) is 0 Å². The zero-order valence-corrected chi connectivity index (χ0v) is 27.1. The lowest BCUT2D eigenvalue weighted by Gasteiger charge is -2.34. The predicted octanol–water partition coefficient (Wildman–Crippen LogP) is 9.98. The van der Waals surface area contributed by atoms with Crippen LogP contribution in [0.2, 0.25) is 0 Å². The van der Waals surface area contributed by atoms with Gasteiger partial charge in [-0.15, -0.1) is 0 Å². The van der Waals surface area contributed by atoms with Crippen molar-refractivity contribution in [3.63, 3.8) is 0 Å². The standard InChI is InChI=1S/C46H23BN2O2/c1-2-10-25-24(9-1)19-38-43-46(25)49-37-23-42-33(27-12-4-6-18-40(27)51-42)21-31(37)29-14-8-16-35(45(29)49)47(43)34-15-7-13-28-30-20-32-26-11-3-5-17-39(26)50-41(32)22-36(30)48(38)44(28)34/h1-23H. The van der Waals surface area contributed by atoms with Crippen LogP contribution in [0.3, 0.4) is 0 Å². The molecule has 6 heterocycles. The maximum Gasteiger partial charge on any atom is 0.252 e. The molecule has 2 aliphatic rings. The Morgan fingerprint density at radius 3 is 1.57 bits per heavy atom. The highest BCUT2D eigenvalue weighted by Gasteiger charge is 2.41. The molecule has 5 heteroatoms. The maximum atomic E-state index is 6.51. The first kappa shape index (κ1) is 25.3. The van der Waals surface area contributed by atoms with Crippen molar-refractivity contribution >= 4 is 121 Å². The molecule has 51 heavy (non-hydrogen) atoms. The average Bonchev–Trinajstić information content (AvgIpc) is 3.91. The molecule has 0 bridgehead atoms. The molecule has 4 nitrogen and oxygen atoms in total. The van der Waals surface area contributed by atoms with Crippen LogP contribution in [0.5, 0.6) is 0 Å². The maximum absolute atomic E-state index is 6.51. The van der Waals surface area contributed by atoms with Crippen molar-refractivity contribution in [1.29, 1.82) is 0 Å². The predicted molar refractivity (Wildman–Crippen MR) is 212 cm³/mol. The van der Waals surface area contributed by atoms with E-state index in [9.17, 15) is 0 Å². The van der Waals surface area contributed by atoms with Crippen molar-refractivity contribution in [2.24, 2.45) is 0 Å². The van der Waals surface area contributed by atoms with Gasteiger partial charge in [0.2, 0.25) is 0 Å². The Morgan fingerprint density at radius 1 is 0.392 bits per heavy atom. The van der Waals surface area contributed by atoms with E-state index >= 15 is 0 Å². The van der Waals surface area contributed by atoms with Crippen LogP contribution < -0.4 is 16.4 Å². The quantitative estimate of drug-likeness (QED) is 0.154. The summed E-state index contributed by atoms with van der Waals surface area (Å²) in [5.41, 5.74) is 15.1. The third kappa shape index (κ3) is 2.80. The first-order valence-corrected chi connectivity index (χ1v) is 17.6. The molecule has 0 saturated heterocycles. The van der Waals surface area contributed by atoms with Crippen molar-refractivity contribution < 1.29 is 8.83 Å². The van der Waals surface area contributed by atoms with Crippen LogP contribution in [0.4, 0.5) is 0 Å². The minimum atomic E-state index is 0.0771. The van der Waals surface area contributed by atoms with E-state index in [1.807, 2.05) is 12.1 Å². The zero-order chi connectivity index (χ0) is 32.7. The summed E-state index contributed by atoms with van der Waals surface area (Å²) >= 11 is 0. The van der Waals surface area contributed by atoms with E-state index in [-0.39, 0.29) is 6.71 Å². The summed E-state index contributed by atoms with van der Waals surface area (Å²) in [5, 5.41) is 12.2. The first-order valence-electron chi connectivity index (χ1n) is 17.6. The van der Waals surface area contributed by atoms with Gasteiger partial charge in [-0.1, -0.05) is 97.1 Å². The number of para-hydroxylation sites is 4. The second-order valence-corrected chi connectivity index (χ2v) is 14.4. The number of benzene rings is 8. The van der Waals surface area contributed by atoms with E-state index in [1.165, 1.54) is 82.1 Å². The molecule has 0 amide bonds. The molecule has 4 aromatic heterocycles. The topological polar surface area (TPSA) is 36.1 Å². The van der Waals surface area contributed by atoms with E-state index in [2.05, 4.69) is 137 Å². The van der Waals surface area contributed by atoms with E-state index in [0.717, 1.165) is 43.9 Å². The van der Waals surface area contributed by atoms with Crippen LogP contribution in [0.25, 0.3) is 110 Å². The van der Waals surface area contributed by atoms with E-state index < -0.39 is 0 Å². The fraction of sp³-hybridized carbons (Fsp3) is 0. The summed E-state index contributed by atoms with van der Waals surface area (Å²) in [6.45, 7) is 0.0771. The fourth-order valence-electron chi connectivity index (χ4n) is 10.1. The van der Waals surface area contributed by atoms with Crippen molar-refractivity contribution in [3.8, 4) is 11.4 Å². The average molecular weight is 647 g/mol. The van der Waals surface area contributed by atoms with Crippen molar-refractivity contribution in [3.05, 3.63) is 140 Å². The third-order valence-electron chi connectivity index (χ3n) is 12.0. The molecule has 2 aliphatic heterocycles. The van der Waals surface area contributed by atoms with E-state index in [0.29, 0.717) is 0 Å². The summed E-state index contributed by atoms with van der Waals surface area (Å²) in [6, 6.07) is 51.2. The van der Waals surface area contributed by atoms with Gasteiger partial charge in [-0.25, -0.2) is 0 Å². The van der Waals surface area contributed by atoms with Crippen molar-refractivity contribution in [2.45, 2.75) is 0 Å². The number of hydrogen-bond donors (Lipinski definition) is 0. The number of rotatable bonds is 0. The molecule has 0 unspecified atom stereocenters. The van der Waals surface area contributed by atoms with Crippen LogP contribution in [0.1, 0.15) is 0 Å². The molecule has 12 aromatic rings. The van der Waals surface area contributed by atoms with Gasteiger partial charge in [0.25, 0.3) is 6.71 Å². The molecule has 0 aliphatic carbocycles. The molecule has 8 aromatic carbocycles. The Labute approximate surface area is 289 Å². The number of aromatic nitrogens is 2. The molecular weight excluding hydrogens is 623 g/mol. The Balaban J connectivity index is 1.21. The van der Waals surface area contributed by atoms with Crippen LogP contribution in [0.15, 0.2) is 148 Å². The van der Waals surface area contributed by atoms with Crippen LogP contribution in [-0.4, -0.2) is 15.8 Å². The van der Waals surface area contributed by atoms with Crippen molar-refractivity contribution in [1.82, 2.24) is 9.13 Å². The molecular formula is C46H23BN2O2. The fourth-order valence-corrected chi connectivity index (χ4v) is 10.1. The second-order valence-electron chi connectivity index (χ2n) is 14.4. The van der Waals surface area contributed by atoms with Gasteiger partial charge in [0.05, 0.1) is 16.7 Å². The molecule has 0 radical (unpaired) electrons. The van der Waals surface area contributed by atoms with Gasteiger partial charge >= 0.3 is 0 Å². The highest BCUT2D eigenvalue weighted by Crippen LogP contribution is 2.44. The number of fused-ring (bicyclic) bond motifs is 18. The lowest BCUT2D eigenvalue weighted by molar-refractivity contribution is 0.669. The van der Waals surface area contributed by atoms with E-state index in [4.69, 9.17) is 8.83 Å². The minimum Gasteiger partial charge on any atom is -0.456 e. The second kappa shape index (κ2) is 8.35. The van der Waals surface area contributed by atoms with Gasteiger partial charge in [-0.3, -0.25) is 0 Å². The van der Waals surface area contributed by atoms with Gasteiger partial charge in [-0.2, -0.15) is 0 Å². The number of furan rings is 2. The molecule has 14 rings (SSSR count). The highest BCUT2D eigenvalue weighted by atomic mass is 16.3. The van der Waals surface area contributed by atoms with Crippen molar-refractivity contribution in [2.75, 3.05) is 0 Å². The Kier molecular flexibility index (Phi) is 4.14. The summed E-state index contributed by atoms with van der Waals surface area (Å²) < 4.78 is 18.1. The van der Waals surface area contributed by atoms with Gasteiger partial charge in [0, 0.05) is 77.3 Å². The van der Waals surface area contributed by atoms with Gasteiger partial charge in [-0.05, 0) is 52.1 Å². The lowest BCUT2D eigenvalue weighted by atomic mass is 9.34. The molecule has 0 spiro atoms. The molecule has 0 atom stereocenters. The SMILES string of the molecule is c1ccc2c3c4c(cc2c1)-n1c2cc5oc6ccccc6c5cc2c2cccc(c21)B4c1cccc2c4cc5c(cc4n-3c12)oc1ccccc15. The summed E-state index contributed by atoms with van der Waals surface area (Å²) in [4.78, 5) is 0. The summed E-state index contributed by atoms with van der Waals surface area (Å²) in [5.74, 6) is 0. The monoisotopic (exact) mass is 646 g/mol. The smallest absolute Gasteiger partial charge is 0.252 e. The van der Waals surface area contributed by atoms with Crippen LogP contribution in [-0.2, 0) is 0 Å². The molecule has 0 N–H and O–H groups in total. The highest BCUT2D eigenvalue weighted by molar-refractivity contribution is 7.00. The molecule has 232 valence electrons. The third-order valence-corrected chi connectivity index (χ3v) is 12.0. The summed E-state index contributed by atoms with van der Waals surface area (Å²) in [7, 11) is 0. The minimum absolute atomic E-state index is 0.0771. The first-order chi connectivity index (χ1) is 25.3. The number of nitrogens with zero attached hydrogens (tertiary/aromatic N) is 2. The Bertz CT molecular complexity index is 3610. The van der Waals surface area contributed by atoms with Crippen LogP contribution in [0, 0.1) is 0 Å². The van der Waals surface area contributed by atoms with Crippen LogP contribution >= 0.6 is 0 Å². The Morgan fingerprint density at radius 2 is 0.922 bits per heavy atom. The van der Waals surface area contributed by atoms with Gasteiger partial charge < -0.3 is 18.0 Å². The zero-order valence-electron chi connectivity index (χ0n) is 27.1.